The van der Waals surface area contributed by atoms with Crippen molar-refractivity contribution in [3.05, 3.63) is 94.8 Å². The van der Waals surface area contributed by atoms with Crippen molar-refractivity contribution in [1.82, 2.24) is 0 Å². The van der Waals surface area contributed by atoms with E-state index in [-0.39, 0.29) is 25.6 Å². The number of halogens is 3. The van der Waals surface area contributed by atoms with Gasteiger partial charge in [0.25, 0.3) is 0 Å². The first-order valence-electron chi connectivity index (χ1n) is 13.6. The maximum absolute atomic E-state index is 12.4. The van der Waals surface area contributed by atoms with E-state index in [2.05, 4.69) is 54.6 Å². The van der Waals surface area contributed by atoms with Crippen LogP contribution in [0.25, 0.3) is 21.9 Å². The number of hydrogen-bond donors (Lipinski definition) is 1. The lowest BCUT2D eigenvalue weighted by Crippen LogP contribution is -2.10. The summed E-state index contributed by atoms with van der Waals surface area (Å²) in [6, 6.07) is 19.3. The fraction of sp³-hybridized carbons (Fsp3) is 0.394. The smallest absolute Gasteiger partial charge is 0.389 e. The van der Waals surface area contributed by atoms with Crippen LogP contribution in [0.1, 0.15) is 54.7 Å². The van der Waals surface area contributed by atoms with E-state index in [0.717, 1.165) is 46.2 Å². The maximum atomic E-state index is 12.4. The van der Waals surface area contributed by atoms with Crippen molar-refractivity contribution in [2.75, 3.05) is 26.9 Å². The summed E-state index contributed by atoms with van der Waals surface area (Å²) in [4.78, 5) is 0. The molecule has 0 saturated carbocycles. The molecule has 4 rings (SSSR count). The lowest BCUT2D eigenvalue weighted by Gasteiger charge is -2.23. The van der Waals surface area contributed by atoms with Gasteiger partial charge >= 0.3 is 6.18 Å². The van der Waals surface area contributed by atoms with Gasteiger partial charge in [0.2, 0.25) is 0 Å². The number of benzene rings is 3. The Morgan fingerprint density at radius 2 is 1.64 bits per heavy atom. The number of allylic oxidation sites excluding steroid dienone is 2. The van der Waals surface area contributed by atoms with E-state index in [4.69, 9.17) is 14.6 Å². The number of rotatable bonds is 12. The lowest BCUT2D eigenvalue weighted by molar-refractivity contribution is -0.135. The van der Waals surface area contributed by atoms with Crippen LogP contribution in [-0.4, -0.2) is 38.2 Å². The monoisotopic (exact) mass is 538 g/mol. The van der Waals surface area contributed by atoms with E-state index in [1.54, 1.807) is 7.11 Å². The Morgan fingerprint density at radius 1 is 0.897 bits per heavy atom. The zero-order valence-corrected chi connectivity index (χ0v) is 22.7. The van der Waals surface area contributed by atoms with Crippen LogP contribution in [0, 0.1) is 6.92 Å². The predicted molar refractivity (Wildman–Crippen MR) is 151 cm³/mol. The van der Waals surface area contributed by atoms with Gasteiger partial charge < -0.3 is 14.6 Å². The quantitative estimate of drug-likeness (QED) is 0.235. The minimum atomic E-state index is -4.08. The normalized spacial score (nSPS) is 15.8. The summed E-state index contributed by atoms with van der Waals surface area (Å²) >= 11 is 0. The van der Waals surface area contributed by atoms with Gasteiger partial charge in [0.05, 0.1) is 13.2 Å². The third kappa shape index (κ3) is 7.96. The van der Waals surface area contributed by atoms with Crippen molar-refractivity contribution in [2.24, 2.45) is 0 Å². The molecule has 0 aliphatic heterocycles. The first kappa shape index (κ1) is 28.9. The molecule has 0 aromatic heterocycles. The molecule has 0 bridgehead atoms. The second-order valence-corrected chi connectivity index (χ2v) is 10.2. The summed E-state index contributed by atoms with van der Waals surface area (Å²) in [6.07, 6.45) is 2.41. The molecule has 1 aliphatic rings. The number of ether oxygens (including phenoxy) is 2. The van der Waals surface area contributed by atoms with Gasteiger partial charge in [-0.3, -0.25) is 0 Å². The SMILES string of the molecule is COCCC1=C(OCCO)C=CC(c2ccc3cc(-c4ccc(CCCCC(F)(F)F)c(C)c4)ccc3c2)C1. The first-order valence-corrected chi connectivity index (χ1v) is 13.6. The van der Waals surface area contributed by atoms with Crippen molar-refractivity contribution >= 4 is 10.8 Å². The molecule has 0 fully saturated rings. The molecule has 3 aromatic carbocycles. The summed E-state index contributed by atoms with van der Waals surface area (Å²) in [5, 5.41) is 11.5. The maximum Gasteiger partial charge on any atom is 0.389 e. The predicted octanol–water partition coefficient (Wildman–Crippen LogP) is 8.43. The minimum Gasteiger partial charge on any atom is -0.491 e. The van der Waals surface area contributed by atoms with Gasteiger partial charge in [-0.1, -0.05) is 54.6 Å². The van der Waals surface area contributed by atoms with E-state index in [9.17, 15) is 13.2 Å². The molecule has 3 aromatic rings. The third-order valence-corrected chi connectivity index (χ3v) is 7.38. The fourth-order valence-electron chi connectivity index (χ4n) is 5.21. The van der Waals surface area contributed by atoms with Crippen LogP contribution in [0.4, 0.5) is 13.2 Å². The summed E-state index contributed by atoms with van der Waals surface area (Å²) < 4.78 is 48.3. The zero-order chi connectivity index (χ0) is 27.8. The number of fused-ring (bicyclic) bond motifs is 1. The van der Waals surface area contributed by atoms with Crippen LogP contribution in [-0.2, 0) is 15.9 Å². The molecule has 0 radical (unpaired) electrons. The summed E-state index contributed by atoms with van der Waals surface area (Å²) in [7, 11) is 1.70. The van der Waals surface area contributed by atoms with E-state index in [1.165, 1.54) is 16.5 Å². The van der Waals surface area contributed by atoms with E-state index in [1.807, 2.05) is 19.1 Å². The Balaban J connectivity index is 1.46. The molecule has 1 atom stereocenters. The van der Waals surface area contributed by atoms with Crippen molar-refractivity contribution in [3.63, 3.8) is 0 Å². The molecule has 1 aliphatic carbocycles. The highest BCUT2D eigenvalue weighted by Gasteiger charge is 2.25. The Bertz CT molecular complexity index is 1320. The Morgan fingerprint density at radius 3 is 2.38 bits per heavy atom. The molecule has 208 valence electrons. The summed E-state index contributed by atoms with van der Waals surface area (Å²) in [5.74, 6) is 1.08. The fourth-order valence-corrected chi connectivity index (χ4v) is 5.21. The molecular formula is C33H37F3O3. The van der Waals surface area contributed by atoms with E-state index in [0.29, 0.717) is 19.4 Å². The lowest BCUT2D eigenvalue weighted by atomic mass is 9.85. The number of methoxy groups -OCH3 is 1. The number of aliphatic hydroxyl groups is 1. The molecule has 1 unspecified atom stereocenters. The van der Waals surface area contributed by atoms with Crippen molar-refractivity contribution in [1.29, 1.82) is 0 Å². The van der Waals surface area contributed by atoms with Crippen LogP contribution in [0.5, 0.6) is 0 Å². The Kier molecular flexibility index (Phi) is 9.87. The number of alkyl halides is 3. The molecule has 0 spiro atoms. The highest BCUT2D eigenvalue weighted by Crippen LogP contribution is 2.35. The molecular weight excluding hydrogens is 501 g/mol. The molecule has 39 heavy (non-hydrogen) atoms. The standard InChI is InChI=1S/C33H37F3O3/c1-23-19-25(7-6-24(23)5-3-4-15-33(34,35)36)26-8-9-28-21-29(11-10-27(28)20-26)30-12-13-32(39-18-16-37)31(22-30)14-17-38-2/h6-13,19-21,30,37H,3-5,14-18,22H2,1-2H3. The first-order chi connectivity index (χ1) is 18.8. The molecule has 3 nitrogen and oxygen atoms in total. The Labute approximate surface area is 229 Å². The molecule has 0 amide bonds. The van der Waals surface area contributed by atoms with E-state index < -0.39 is 12.6 Å². The number of aliphatic hydroxyl groups excluding tert-OH is 1. The van der Waals surface area contributed by atoms with Crippen molar-refractivity contribution in [2.45, 2.75) is 57.5 Å². The Hall–Kier alpha value is -3.09. The van der Waals surface area contributed by atoms with Gasteiger partial charge in [-0.05, 0) is 95.3 Å². The second kappa shape index (κ2) is 13.3. The minimum absolute atomic E-state index is 0.0138. The number of hydrogen-bond acceptors (Lipinski definition) is 3. The van der Waals surface area contributed by atoms with Crippen LogP contribution in [0.3, 0.4) is 0 Å². The highest BCUT2D eigenvalue weighted by atomic mass is 19.4. The molecule has 1 N–H and O–H groups in total. The van der Waals surface area contributed by atoms with Gasteiger partial charge in [0.15, 0.2) is 0 Å². The van der Waals surface area contributed by atoms with Gasteiger partial charge in [-0.15, -0.1) is 0 Å². The summed E-state index contributed by atoms with van der Waals surface area (Å²) in [6.45, 7) is 2.92. The van der Waals surface area contributed by atoms with Gasteiger partial charge in [-0.25, -0.2) is 0 Å². The van der Waals surface area contributed by atoms with Crippen molar-refractivity contribution < 1.29 is 27.8 Å². The largest absolute Gasteiger partial charge is 0.491 e. The molecule has 6 heteroatoms. The van der Waals surface area contributed by atoms with Crippen LogP contribution in [0.2, 0.25) is 0 Å². The third-order valence-electron chi connectivity index (χ3n) is 7.38. The average molecular weight is 539 g/mol. The van der Waals surface area contributed by atoms with Crippen LogP contribution in [0.15, 0.2) is 78.1 Å². The van der Waals surface area contributed by atoms with Crippen LogP contribution >= 0.6 is 0 Å². The van der Waals surface area contributed by atoms with Gasteiger partial charge in [0.1, 0.15) is 12.4 Å². The average Bonchev–Trinajstić information content (AvgIpc) is 2.92. The highest BCUT2D eigenvalue weighted by molar-refractivity contribution is 5.88. The van der Waals surface area contributed by atoms with Crippen molar-refractivity contribution in [3.8, 4) is 11.1 Å². The molecule has 0 saturated heterocycles. The number of unbranched alkanes of at least 4 members (excludes halogenated alkanes) is 1. The van der Waals surface area contributed by atoms with Crippen LogP contribution < -0.4 is 0 Å². The zero-order valence-electron chi connectivity index (χ0n) is 22.7. The number of aryl methyl sites for hydroxylation is 2. The second-order valence-electron chi connectivity index (χ2n) is 10.2. The van der Waals surface area contributed by atoms with E-state index >= 15 is 0 Å². The van der Waals surface area contributed by atoms with Gasteiger partial charge in [-0.2, -0.15) is 13.2 Å². The molecule has 0 heterocycles. The van der Waals surface area contributed by atoms with Gasteiger partial charge in [0, 0.05) is 19.4 Å². The topological polar surface area (TPSA) is 38.7 Å². The summed E-state index contributed by atoms with van der Waals surface area (Å²) in [5.41, 5.74) is 6.89.